The number of aliphatic hydroxyl groups is 1. The summed E-state index contributed by atoms with van der Waals surface area (Å²) in [5.74, 6) is -0.0534. The molecule has 3 atom stereocenters. The molecule has 3 unspecified atom stereocenters. The average Bonchev–Trinajstić information content (AvgIpc) is 2.26. The Morgan fingerprint density at radius 2 is 1.81 bits per heavy atom. The van der Waals surface area contributed by atoms with Crippen LogP contribution in [-0.4, -0.2) is 26.9 Å². The second-order valence-electron chi connectivity index (χ2n) is 3.15. The number of benzene rings is 1. The van der Waals surface area contributed by atoms with Gasteiger partial charge in [-0.15, -0.1) is 23.2 Å². The van der Waals surface area contributed by atoms with E-state index in [-0.39, 0.29) is 5.75 Å². The lowest BCUT2D eigenvalue weighted by Gasteiger charge is -2.19. The number of hydrogen-bond donors (Lipinski definition) is 2. The third-order valence-corrected chi connectivity index (χ3v) is 3.40. The molecule has 1 aromatic carbocycles. The van der Waals surface area contributed by atoms with Gasteiger partial charge in [-0.05, 0) is 17.7 Å². The molecule has 0 saturated heterocycles. The zero-order chi connectivity index (χ0) is 12.3. The zero-order valence-corrected chi connectivity index (χ0v) is 10.2. The Hall–Kier alpha value is -0.480. The van der Waals surface area contributed by atoms with Crippen molar-refractivity contribution in [3.8, 4) is 5.75 Å². The summed E-state index contributed by atoms with van der Waals surface area (Å²) < 4.78 is 0. The predicted molar refractivity (Wildman–Crippen MR) is 63.2 cm³/mol. The molecule has 16 heavy (non-hydrogen) atoms. The molecule has 0 radical (unpaired) electrons. The molecule has 0 saturated carbocycles. The Kier molecular flexibility index (Phi) is 4.87. The molecule has 3 nitrogen and oxygen atoms in total. The van der Waals surface area contributed by atoms with Gasteiger partial charge in [-0.1, -0.05) is 18.2 Å². The highest BCUT2D eigenvalue weighted by Gasteiger charge is 2.31. The molecule has 0 aliphatic carbocycles. The standard InChI is InChI=1S/C10H9Cl3O3/c11-7(8(12)9(15)10(13)16)5-3-1-2-4-6(5)14/h1-4,7-9,14-15H. The minimum Gasteiger partial charge on any atom is -0.508 e. The molecule has 6 heteroatoms. The number of carbonyl (C=O) groups is 1. The van der Waals surface area contributed by atoms with Crippen molar-refractivity contribution in [3.05, 3.63) is 29.8 Å². The van der Waals surface area contributed by atoms with Gasteiger partial charge in [0.2, 0.25) is 0 Å². The molecule has 0 spiro atoms. The van der Waals surface area contributed by atoms with Crippen molar-refractivity contribution in [2.75, 3.05) is 0 Å². The number of alkyl halides is 2. The number of phenolic OH excluding ortho intramolecular Hbond substituents is 1. The maximum absolute atomic E-state index is 10.7. The summed E-state index contributed by atoms with van der Waals surface area (Å²) in [5, 5.41) is 15.8. The molecule has 1 aromatic rings. The van der Waals surface area contributed by atoms with Crippen molar-refractivity contribution in [3.63, 3.8) is 0 Å². The Morgan fingerprint density at radius 3 is 2.31 bits per heavy atom. The van der Waals surface area contributed by atoms with Crippen LogP contribution >= 0.6 is 34.8 Å². The van der Waals surface area contributed by atoms with E-state index in [9.17, 15) is 15.0 Å². The Balaban J connectivity index is 2.90. The Labute approximate surface area is 108 Å². The van der Waals surface area contributed by atoms with E-state index in [0.29, 0.717) is 5.56 Å². The molecule has 2 N–H and O–H groups in total. The smallest absolute Gasteiger partial charge is 0.251 e. The number of phenols is 1. The normalized spacial score (nSPS) is 16.5. The van der Waals surface area contributed by atoms with Gasteiger partial charge in [-0.2, -0.15) is 0 Å². The molecule has 0 amide bonds. The van der Waals surface area contributed by atoms with Crippen LogP contribution in [0.3, 0.4) is 0 Å². The van der Waals surface area contributed by atoms with E-state index < -0.39 is 22.1 Å². The lowest BCUT2D eigenvalue weighted by molar-refractivity contribution is -0.119. The van der Waals surface area contributed by atoms with Crippen LogP contribution < -0.4 is 0 Å². The SMILES string of the molecule is O=C(Cl)C(O)C(Cl)C(Cl)c1ccccc1O. The highest BCUT2D eigenvalue weighted by Crippen LogP contribution is 2.35. The molecule has 0 aliphatic rings. The van der Waals surface area contributed by atoms with Gasteiger partial charge in [0.15, 0.2) is 0 Å². The third kappa shape index (κ3) is 3.01. The Bertz CT molecular complexity index is 383. The van der Waals surface area contributed by atoms with Gasteiger partial charge in [-0.25, -0.2) is 0 Å². The molecule has 0 aliphatic heterocycles. The second-order valence-corrected chi connectivity index (χ2v) is 4.50. The molecule has 0 bridgehead atoms. The molecule has 1 rings (SSSR count). The van der Waals surface area contributed by atoms with Gasteiger partial charge in [-0.3, -0.25) is 4.79 Å². The summed E-state index contributed by atoms with van der Waals surface area (Å²) in [4.78, 5) is 10.7. The fourth-order valence-corrected chi connectivity index (χ4v) is 1.95. The van der Waals surface area contributed by atoms with Crippen molar-refractivity contribution in [2.45, 2.75) is 16.9 Å². The van der Waals surface area contributed by atoms with Crippen molar-refractivity contribution in [2.24, 2.45) is 0 Å². The summed E-state index contributed by atoms with van der Waals surface area (Å²) in [5.41, 5.74) is 0.334. The minimum absolute atomic E-state index is 0.0534. The molecule has 0 aromatic heterocycles. The topological polar surface area (TPSA) is 57.5 Å². The van der Waals surface area contributed by atoms with Gasteiger partial charge < -0.3 is 10.2 Å². The number of halogens is 3. The fourth-order valence-electron chi connectivity index (χ4n) is 1.18. The maximum atomic E-state index is 10.7. The minimum atomic E-state index is -1.58. The van der Waals surface area contributed by atoms with Crippen LogP contribution in [0.5, 0.6) is 5.75 Å². The summed E-state index contributed by atoms with van der Waals surface area (Å²) in [6, 6.07) is 6.26. The zero-order valence-electron chi connectivity index (χ0n) is 7.98. The van der Waals surface area contributed by atoms with Gasteiger partial charge in [0.05, 0.1) is 10.8 Å². The largest absolute Gasteiger partial charge is 0.508 e. The van der Waals surface area contributed by atoms with Crippen molar-refractivity contribution >= 4 is 40.0 Å². The molecule has 88 valence electrons. The van der Waals surface area contributed by atoms with Gasteiger partial charge >= 0.3 is 0 Å². The van der Waals surface area contributed by atoms with E-state index in [1.54, 1.807) is 18.2 Å². The summed E-state index contributed by atoms with van der Waals surface area (Å²) >= 11 is 16.8. The van der Waals surface area contributed by atoms with E-state index >= 15 is 0 Å². The first kappa shape index (κ1) is 13.6. The number of hydrogen-bond acceptors (Lipinski definition) is 3. The number of para-hydroxylation sites is 1. The number of rotatable bonds is 4. The molecule has 0 heterocycles. The van der Waals surface area contributed by atoms with Crippen molar-refractivity contribution in [1.82, 2.24) is 0 Å². The highest BCUT2D eigenvalue weighted by molar-refractivity contribution is 6.65. The second kappa shape index (κ2) is 5.73. The Morgan fingerprint density at radius 1 is 1.25 bits per heavy atom. The van der Waals surface area contributed by atoms with Crippen LogP contribution in [0.4, 0.5) is 0 Å². The van der Waals surface area contributed by atoms with Gasteiger partial charge in [0, 0.05) is 5.56 Å². The van der Waals surface area contributed by atoms with E-state index in [4.69, 9.17) is 34.8 Å². The summed E-state index contributed by atoms with van der Waals surface area (Å²) in [6.07, 6.45) is -1.58. The lowest BCUT2D eigenvalue weighted by atomic mass is 10.1. The quantitative estimate of drug-likeness (QED) is 0.659. The van der Waals surface area contributed by atoms with E-state index in [0.717, 1.165) is 0 Å². The van der Waals surface area contributed by atoms with Crippen LogP contribution in [0.1, 0.15) is 10.9 Å². The lowest BCUT2D eigenvalue weighted by Crippen LogP contribution is -2.30. The predicted octanol–water partition coefficient (Wildman–Crippen LogP) is 2.41. The summed E-state index contributed by atoms with van der Waals surface area (Å²) in [6.45, 7) is 0. The van der Waals surface area contributed by atoms with Gasteiger partial charge in [0.1, 0.15) is 11.9 Å². The van der Waals surface area contributed by atoms with E-state index in [1.807, 2.05) is 0 Å². The average molecular weight is 284 g/mol. The van der Waals surface area contributed by atoms with Gasteiger partial charge in [0.25, 0.3) is 5.24 Å². The monoisotopic (exact) mass is 282 g/mol. The van der Waals surface area contributed by atoms with E-state index in [1.165, 1.54) is 6.07 Å². The fraction of sp³-hybridized carbons (Fsp3) is 0.300. The van der Waals surface area contributed by atoms with Crippen LogP contribution in [0.25, 0.3) is 0 Å². The maximum Gasteiger partial charge on any atom is 0.251 e. The third-order valence-electron chi connectivity index (χ3n) is 2.05. The molecule has 0 fully saturated rings. The first-order valence-corrected chi connectivity index (χ1v) is 5.63. The summed E-state index contributed by atoms with van der Waals surface area (Å²) in [7, 11) is 0. The van der Waals surface area contributed by atoms with E-state index in [2.05, 4.69) is 0 Å². The van der Waals surface area contributed by atoms with Crippen LogP contribution in [-0.2, 0) is 4.79 Å². The number of aromatic hydroxyl groups is 1. The first-order chi connectivity index (χ1) is 7.45. The first-order valence-electron chi connectivity index (χ1n) is 4.38. The van der Waals surface area contributed by atoms with Crippen molar-refractivity contribution in [1.29, 1.82) is 0 Å². The number of aliphatic hydroxyl groups excluding tert-OH is 1. The van der Waals surface area contributed by atoms with Crippen LogP contribution in [0.15, 0.2) is 24.3 Å². The molecular formula is C10H9Cl3O3. The van der Waals surface area contributed by atoms with Crippen molar-refractivity contribution < 1.29 is 15.0 Å². The van der Waals surface area contributed by atoms with Crippen LogP contribution in [0.2, 0.25) is 0 Å². The van der Waals surface area contributed by atoms with Crippen LogP contribution in [0, 0.1) is 0 Å². The number of carbonyl (C=O) groups excluding carboxylic acids is 1. The highest BCUT2D eigenvalue weighted by atomic mass is 35.5. The molecular weight excluding hydrogens is 274 g/mol.